The lowest BCUT2D eigenvalue weighted by Crippen LogP contribution is -2.20. The number of hydrogen-bond donors (Lipinski definition) is 0. The van der Waals surface area contributed by atoms with Crippen molar-refractivity contribution in [2.24, 2.45) is 5.41 Å². The minimum Gasteiger partial charge on any atom is -0.492 e. The number of alkyl halides is 1. The third kappa shape index (κ3) is 5.38. The Labute approximate surface area is 119 Å². The number of aromatic nitrogens is 1. The van der Waals surface area contributed by atoms with E-state index in [0.29, 0.717) is 10.2 Å². The van der Waals surface area contributed by atoms with Crippen LogP contribution in [0.5, 0.6) is 5.75 Å². The second-order valence-electron chi connectivity index (χ2n) is 5.75. The van der Waals surface area contributed by atoms with Gasteiger partial charge in [0.05, 0.1) is 12.8 Å². The highest BCUT2D eigenvalue weighted by atomic mass is 79.9. The Morgan fingerprint density at radius 1 is 1.33 bits per heavy atom. The van der Waals surface area contributed by atoms with E-state index in [2.05, 4.69) is 54.7 Å². The van der Waals surface area contributed by atoms with Gasteiger partial charge in [-0.05, 0) is 36.3 Å². The molecule has 1 unspecified atom stereocenters. The molecule has 0 N–H and O–H groups in total. The van der Waals surface area contributed by atoms with Gasteiger partial charge in [0.1, 0.15) is 5.75 Å². The summed E-state index contributed by atoms with van der Waals surface area (Å²) in [6.45, 7) is 9.63. The maximum Gasteiger partial charge on any atom is 0.137 e. The van der Waals surface area contributed by atoms with Crippen molar-refractivity contribution in [3.05, 3.63) is 24.0 Å². The maximum atomic E-state index is 5.60. The van der Waals surface area contributed by atoms with Gasteiger partial charge in [-0.25, -0.2) is 0 Å². The van der Waals surface area contributed by atoms with E-state index in [1.807, 2.05) is 6.20 Å². The van der Waals surface area contributed by atoms with E-state index in [1.54, 1.807) is 6.20 Å². The van der Waals surface area contributed by atoms with E-state index in [4.69, 9.17) is 4.74 Å². The minimum absolute atomic E-state index is 0.295. The normalized spacial score (nSPS) is 13.4. The van der Waals surface area contributed by atoms with Crippen LogP contribution in [-0.4, -0.2) is 16.4 Å². The molecule has 1 atom stereocenters. The molecule has 0 aliphatic rings. The highest BCUT2D eigenvalue weighted by molar-refractivity contribution is 9.09. The molecule has 1 rings (SSSR count). The van der Waals surface area contributed by atoms with Gasteiger partial charge < -0.3 is 4.74 Å². The van der Waals surface area contributed by atoms with Gasteiger partial charge in [0.25, 0.3) is 0 Å². The van der Waals surface area contributed by atoms with Crippen molar-refractivity contribution < 1.29 is 4.74 Å². The first kappa shape index (κ1) is 15.5. The average Bonchev–Trinajstić information content (AvgIpc) is 2.32. The first-order chi connectivity index (χ1) is 8.43. The summed E-state index contributed by atoms with van der Waals surface area (Å²) >= 11 is 3.76. The average molecular weight is 314 g/mol. The van der Waals surface area contributed by atoms with Crippen LogP contribution in [0.15, 0.2) is 18.5 Å². The Hall–Kier alpha value is -0.570. The van der Waals surface area contributed by atoms with Gasteiger partial charge in [0.2, 0.25) is 0 Å². The summed E-state index contributed by atoms with van der Waals surface area (Å²) in [6.07, 6.45) is 6.89. The quantitative estimate of drug-likeness (QED) is 0.715. The highest BCUT2D eigenvalue weighted by Gasteiger charge is 2.21. The molecular formula is C15H24BrNO. The molecule has 18 heavy (non-hydrogen) atoms. The first-order valence-corrected chi connectivity index (χ1v) is 7.56. The lowest BCUT2D eigenvalue weighted by molar-refractivity contribution is 0.315. The van der Waals surface area contributed by atoms with Crippen LogP contribution in [0.4, 0.5) is 0 Å². The molecular weight excluding hydrogens is 290 g/mol. The van der Waals surface area contributed by atoms with Crippen molar-refractivity contribution >= 4 is 15.9 Å². The molecule has 1 heterocycles. The second-order valence-corrected chi connectivity index (χ2v) is 6.85. The predicted molar refractivity (Wildman–Crippen MR) is 80.5 cm³/mol. The molecule has 0 radical (unpaired) electrons. The summed E-state index contributed by atoms with van der Waals surface area (Å²) in [6, 6.07) is 2.10. The number of halogens is 1. The molecule has 0 bridgehead atoms. The zero-order valence-corrected chi connectivity index (χ0v) is 13.5. The third-order valence-corrected chi connectivity index (χ3v) is 4.70. The van der Waals surface area contributed by atoms with Crippen molar-refractivity contribution in [3.63, 3.8) is 0 Å². The number of rotatable bonds is 6. The molecule has 102 valence electrons. The Morgan fingerprint density at radius 3 is 2.67 bits per heavy atom. The third-order valence-electron chi connectivity index (χ3n) is 2.87. The number of nitrogens with zero attached hydrogens (tertiary/aromatic N) is 1. The summed E-state index contributed by atoms with van der Waals surface area (Å²) in [5.74, 6) is 0.885. The summed E-state index contributed by atoms with van der Waals surface area (Å²) in [7, 11) is 0. The fourth-order valence-corrected chi connectivity index (χ4v) is 1.85. The van der Waals surface area contributed by atoms with Gasteiger partial charge in [-0.1, -0.05) is 43.6 Å². The van der Waals surface area contributed by atoms with Crippen molar-refractivity contribution in [2.75, 3.05) is 6.61 Å². The van der Waals surface area contributed by atoms with Gasteiger partial charge in [0, 0.05) is 11.0 Å². The Kier molecular flexibility index (Phi) is 6.13. The molecule has 1 aromatic heterocycles. The summed E-state index contributed by atoms with van der Waals surface area (Å²) in [5, 5.41) is 0. The van der Waals surface area contributed by atoms with Gasteiger partial charge in [-0.3, -0.25) is 4.98 Å². The van der Waals surface area contributed by atoms with E-state index < -0.39 is 0 Å². The monoisotopic (exact) mass is 313 g/mol. The molecule has 0 saturated heterocycles. The van der Waals surface area contributed by atoms with Gasteiger partial charge >= 0.3 is 0 Å². The summed E-state index contributed by atoms with van der Waals surface area (Å²) < 4.78 is 5.60. The standard InChI is InChI=1S/C15H24BrNO/c1-5-8-18-13-9-12(10-17-11-13)6-7-14(16)15(2,3)4/h9-11,14H,5-8H2,1-4H3. The lowest BCUT2D eigenvalue weighted by atomic mass is 9.89. The van der Waals surface area contributed by atoms with Crippen LogP contribution < -0.4 is 4.74 Å². The van der Waals surface area contributed by atoms with Crippen LogP contribution >= 0.6 is 15.9 Å². The van der Waals surface area contributed by atoms with E-state index in [-0.39, 0.29) is 0 Å². The predicted octanol–water partition coefficient (Wildman–Crippen LogP) is 4.61. The number of pyridine rings is 1. The molecule has 0 aromatic carbocycles. The van der Waals surface area contributed by atoms with Crippen LogP contribution in [0.1, 0.15) is 46.1 Å². The number of ether oxygens (including phenoxy) is 1. The zero-order valence-electron chi connectivity index (χ0n) is 11.9. The fourth-order valence-electron chi connectivity index (χ4n) is 1.63. The molecule has 0 aliphatic heterocycles. The van der Waals surface area contributed by atoms with Crippen LogP contribution in [0.3, 0.4) is 0 Å². The second kappa shape index (κ2) is 7.13. The molecule has 0 aliphatic carbocycles. The smallest absolute Gasteiger partial charge is 0.137 e. The SMILES string of the molecule is CCCOc1cncc(CCC(Br)C(C)(C)C)c1. The van der Waals surface area contributed by atoms with Crippen LogP contribution in [0, 0.1) is 5.41 Å². The van der Waals surface area contributed by atoms with Crippen molar-refractivity contribution in [2.45, 2.75) is 51.8 Å². The molecule has 1 aromatic rings. The number of hydrogen-bond acceptors (Lipinski definition) is 2. The Balaban J connectivity index is 2.52. The first-order valence-electron chi connectivity index (χ1n) is 6.64. The van der Waals surface area contributed by atoms with E-state index in [9.17, 15) is 0 Å². The van der Waals surface area contributed by atoms with E-state index in [1.165, 1.54) is 5.56 Å². The molecule has 0 spiro atoms. The fraction of sp³-hybridized carbons (Fsp3) is 0.667. The Morgan fingerprint density at radius 2 is 2.06 bits per heavy atom. The number of aryl methyl sites for hydroxylation is 1. The van der Waals surface area contributed by atoms with Crippen LogP contribution in [0.25, 0.3) is 0 Å². The zero-order chi connectivity index (χ0) is 13.6. The van der Waals surface area contributed by atoms with Crippen molar-refractivity contribution in [1.82, 2.24) is 4.98 Å². The summed E-state index contributed by atoms with van der Waals surface area (Å²) in [5.41, 5.74) is 1.54. The van der Waals surface area contributed by atoms with Gasteiger partial charge in [0.15, 0.2) is 0 Å². The molecule has 3 heteroatoms. The van der Waals surface area contributed by atoms with Gasteiger partial charge in [-0.2, -0.15) is 0 Å². The Bertz CT molecular complexity index is 360. The highest BCUT2D eigenvalue weighted by Crippen LogP contribution is 2.29. The topological polar surface area (TPSA) is 22.1 Å². The molecule has 2 nitrogen and oxygen atoms in total. The van der Waals surface area contributed by atoms with E-state index in [0.717, 1.165) is 31.6 Å². The molecule has 0 saturated carbocycles. The maximum absolute atomic E-state index is 5.60. The van der Waals surface area contributed by atoms with Crippen molar-refractivity contribution in [1.29, 1.82) is 0 Å². The minimum atomic E-state index is 0.295. The lowest BCUT2D eigenvalue weighted by Gasteiger charge is -2.25. The van der Waals surface area contributed by atoms with Crippen LogP contribution in [-0.2, 0) is 6.42 Å². The molecule has 0 fully saturated rings. The van der Waals surface area contributed by atoms with Gasteiger partial charge in [-0.15, -0.1) is 0 Å². The van der Waals surface area contributed by atoms with Crippen LogP contribution in [0.2, 0.25) is 0 Å². The largest absolute Gasteiger partial charge is 0.492 e. The molecule has 0 amide bonds. The van der Waals surface area contributed by atoms with Crippen molar-refractivity contribution in [3.8, 4) is 5.75 Å². The van der Waals surface area contributed by atoms with E-state index >= 15 is 0 Å². The summed E-state index contributed by atoms with van der Waals surface area (Å²) in [4.78, 5) is 4.76.